The Morgan fingerprint density at radius 2 is 2.12 bits per heavy atom. The van der Waals surface area contributed by atoms with E-state index in [4.69, 9.17) is 0 Å². The zero-order valence-corrected chi connectivity index (χ0v) is 11.1. The molecular weight excluding hydrogens is 266 g/mol. The van der Waals surface area contributed by atoms with Crippen LogP contribution in [0.1, 0.15) is 34.3 Å². The largest absolute Gasteiger partial charge is 0.313 e. The van der Waals surface area contributed by atoms with Crippen LogP contribution in [0.5, 0.6) is 0 Å². The summed E-state index contributed by atoms with van der Waals surface area (Å²) in [6.07, 6.45) is 4.74. The van der Waals surface area contributed by atoms with Gasteiger partial charge in [-0.05, 0) is 56.0 Å². The Balaban J connectivity index is 2.35. The third-order valence-electron chi connectivity index (χ3n) is 3.07. The number of rotatable bonds is 3. The van der Waals surface area contributed by atoms with E-state index in [-0.39, 0.29) is 5.78 Å². The van der Waals surface area contributed by atoms with Gasteiger partial charge in [-0.3, -0.25) is 4.79 Å². The maximum absolute atomic E-state index is 11.8. The summed E-state index contributed by atoms with van der Waals surface area (Å²) in [6.45, 7) is 0.408. The Morgan fingerprint density at radius 3 is 2.88 bits per heavy atom. The van der Waals surface area contributed by atoms with Crippen molar-refractivity contribution in [2.24, 2.45) is 0 Å². The first-order valence-electron chi connectivity index (χ1n) is 5.71. The number of halogens is 1. The molecule has 0 spiro atoms. The van der Waals surface area contributed by atoms with Gasteiger partial charge in [-0.2, -0.15) is 0 Å². The fourth-order valence-corrected chi connectivity index (χ4v) is 2.94. The van der Waals surface area contributed by atoms with Gasteiger partial charge in [0.15, 0.2) is 5.78 Å². The van der Waals surface area contributed by atoms with Crippen LogP contribution in [0.25, 0.3) is 0 Å². The van der Waals surface area contributed by atoms with Crippen molar-refractivity contribution >= 4 is 21.7 Å². The van der Waals surface area contributed by atoms with Crippen molar-refractivity contribution in [1.29, 1.82) is 0 Å². The van der Waals surface area contributed by atoms with Gasteiger partial charge in [0.05, 0.1) is 6.54 Å². The number of nitrogens with one attached hydrogen (secondary N) is 1. The average Bonchev–Trinajstić information content (AvgIpc) is 2.29. The molecule has 16 heavy (non-hydrogen) atoms. The fourth-order valence-electron chi connectivity index (χ4n) is 2.24. The van der Waals surface area contributed by atoms with Gasteiger partial charge in [0.1, 0.15) is 0 Å². The van der Waals surface area contributed by atoms with Crippen molar-refractivity contribution in [3.05, 3.63) is 33.3 Å². The highest BCUT2D eigenvalue weighted by Crippen LogP contribution is 2.29. The predicted molar refractivity (Wildman–Crippen MR) is 69.0 cm³/mol. The second kappa shape index (κ2) is 5.11. The van der Waals surface area contributed by atoms with E-state index in [2.05, 4.69) is 27.3 Å². The third kappa shape index (κ3) is 2.36. The Labute approximate surface area is 105 Å². The van der Waals surface area contributed by atoms with Crippen molar-refractivity contribution in [1.82, 2.24) is 5.32 Å². The van der Waals surface area contributed by atoms with Crippen LogP contribution in [-0.2, 0) is 12.8 Å². The molecule has 0 aromatic heterocycles. The van der Waals surface area contributed by atoms with E-state index in [9.17, 15) is 4.79 Å². The molecule has 2 rings (SSSR count). The molecular formula is C13H16BrNO. The van der Waals surface area contributed by atoms with Gasteiger partial charge in [-0.15, -0.1) is 0 Å². The molecule has 0 saturated heterocycles. The number of Topliss-reactive ketones (excluding diaryl/α,β-unsaturated/α-hetero) is 1. The molecule has 0 radical (unpaired) electrons. The van der Waals surface area contributed by atoms with E-state index in [1.54, 1.807) is 7.05 Å². The minimum Gasteiger partial charge on any atom is -0.313 e. The SMILES string of the molecule is CNCC(=O)c1cc(Br)c2c(c1)CCCC2. The number of fused-ring (bicyclic) bond motifs is 1. The molecule has 3 heteroatoms. The van der Waals surface area contributed by atoms with E-state index in [0.717, 1.165) is 22.9 Å². The molecule has 1 aliphatic carbocycles. The van der Waals surface area contributed by atoms with Gasteiger partial charge in [0, 0.05) is 10.0 Å². The lowest BCUT2D eigenvalue weighted by Crippen LogP contribution is -2.19. The number of carbonyl (C=O) groups is 1. The monoisotopic (exact) mass is 281 g/mol. The maximum Gasteiger partial charge on any atom is 0.176 e. The van der Waals surface area contributed by atoms with E-state index in [0.29, 0.717) is 6.54 Å². The van der Waals surface area contributed by atoms with E-state index < -0.39 is 0 Å². The number of hydrogen-bond acceptors (Lipinski definition) is 2. The topological polar surface area (TPSA) is 29.1 Å². The van der Waals surface area contributed by atoms with Crippen molar-refractivity contribution < 1.29 is 4.79 Å². The van der Waals surface area contributed by atoms with Gasteiger partial charge in [-0.25, -0.2) is 0 Å². The van der Waals surface area contributed by atoms with Gasteiger partial charge in [0.2, 0.25) is 0 Å². The summed E-state index contributed by atoms with van der Waals surface area (Å²) < 4.78 is 1.10. The molecule has 1 aliphatic rings. The van der Waals surface area contributed by atoms with E-state index in [1.165, 1.54) is 24.0 Å². The maximum atomic E-state index is 11.8. The zero-order valence-electron chi connectivity index (χ0n) is 9.48. The minimum absolute atomic E-state index is 0.163. The summed E-state index contributed by atoms with van der Waals surface area (Å²) in [6, 6.07) is 4.03. The third-order valence-corrected chi connectivity index (χ3v) is 3.78. The summed E-state index contributed by atoms with van der Waals surface area (Å²) in [4.78, 5) is 11.8. The first-order valence-corrected chi connectivity index (χ1v) is 6.51. The van der Waals surface area contributed by atoms with Gasteiger partial charge < -0.3 is 5.32 Å². The average molecular weight is 282 g/mol. The van der Waals surface area contributed by atoms with Crippen LogP contribution in [0.15, 0.2) is 16.6 Å². The number of carbonyl (C=O) groups excluding carboxylic acids is 1. The van der Waals surface area contributed by atoms with Crippen LogP contribution in [0.2, 0.25) is 0 Å². The van der Waals surface area contributed by atoms with Crippen molar-refractivity contribution in [3.63, 3.8) is 0 Å². The first-order chi connectivity index (χ1) is 7.72. The molecule has 0 bridgehead atoms. The highest BCUT2D eigenvalue weighted by molar-refractivity contribution is 9.10. The number of hydrogen-bond donors (Lipinski definition) is 1. The molecule has 0 fully saturated rings. The van der Waals surface area contributed by atoms with Gasteiger partial charge in [-0.1, -0.05) is 15.9 Å². The molecule has 0 saturated carbocycles. The lowest BCUT2D eigenvalue weighted by Gasteiger charge is -2.18. The molecule has 86 valence electrons. The molecule has 0 atom stereocenters. The minimum atomic E-state index is 0.163. The number of benzene rings is 1. The van der Waals surface area contributed by atoms with Crippen molar-refractivity contribution in [3.8, 4) is 0 Å². The molecule has 0 unspecified atom stereocenters. The van der Waals surface area contributed by atoms with Crippen LogP contribution in [0.4, 0.5) is 0 Å². The first kappa shape index (κ1) is 11.8. The summed E-state index contributed by atoms with van der Waals surface area (Å²) in [7, 11) is 1.80. The second-order valence-electron chi connectivity index (χ2n) is 4.26. The van der Waals surface area contributed by atoms with E-state index >= 15 is 0 Å². The van der Waals surface area contributed by atoms with Crippen LogP contribution in [0.3, 0.4) is 0 Å². The zero-order chi connectivity index (χ0) is 11.5. The predicted octanol–water partition coefficient (Wildman–Crippen LogP) is 2.73. The summed E-state index contributed by atoms with van der Waals surface area (Å²) in [5.74, 6) is 0.163. The van der Waals surface area contributed by atoms with Gasteiger partial charge in [0.25, 0.3) is 0 Å². The lowest BCUT2D eigenvalue weighted by molar-refractivity contribution is 0.0993. The second-order valence-corrected chi connectivity index (χ2v) is 5.11. The Morgan fingerprint density at radius 1 is 1.38 bits per heavy atom. The Kier molecular flexibility index (Phi) is 3.77. The highest BCUT2D eigenvalue weighted by Gasteiger charge is 2.15. The highest BCUT2D eigenvalue weighted by atomic mass is 79.9. The summed E-state index contributed by atoms with van der Waals surface area (Å²) >= 11 is 3.58. The molecule has 0 aliphatic heterocycles. The Bertz CT molecular complexity index is 415. The number of likely N-dealkylation sites (N-methyl/N-ethyl adjacent to an activating group) is 1. The molecule has 0 heterocycles. The summed E-state index contributed by atoms with van der Waals surface area (Å²) in [5.41, 5.74) is 3.56. The summed E-state index contributed by atoms with van der Waals surface area (Å²) in [5, 5.41) is 2.90. The number of ketones is 1. The molecule has 1 N–H and O–H groups in total. The Hall–Kier alpha value is -0.670. The smallest absolute Gasteiger partial charge is 0.176 e. The normalized spacial score (nSPS) is 14.6. The molecule has 0 amide bonds. The fraction of sp³-hybridized carbons (Fsp3) is 0.462. The van der Waals surface area contributed by atoms with Crippen LogP contribution >= 0.6 is 15.9 Å². The van der Waals surface area contributed by atoms with Crippen LogP contribution < -0.4 is 5.32 Å². The lowest BCUT2D eigenvalue weighted by atomic mass is 9.90. The quantitative estimate of drug-likeness (QED) is 0.864. The molecule has 1 aromatic carbocycles. The standard InChI is InChI=1S/C13H16BrNO/c1-15-8-13(16)10-6-9-4-2-3-5-11(9)12(14)7-10/h6-7,15H,2-5,8H2,1H3. The van der Waals surface area contributed by atoms with Gasteiger partial charge >= 0.3 is 0 Å². The van der Waals surface area contributed by atoms with Crippen molar-refractivity contribution in [2.45, 2.75) is 25.7 Å². The molecule has 1 aromatic rings. The molecule has 2 nitrogen and oxygen atoms in total. The van der Waals surface area contributed by atoms with Crippen LogP contribution in [-0.4, -0.2) is 19.4 Å². The van der Waals surface area contributed by atoms with Crippen molar-refractivity contribution in [2.75, 3.05) is 13.6 Å². The number of aryl methyl sites for hydroxylation is 1. The van der Waals surface area contributed by atoms with E-state index in [1.807, 2.05) is 6.07 Å². The van der Waals surface area contributed by atoms with Crippen LogP contribution in [0, 0.1) is 0 Å².